The number of anilines is 1. The molecular formula is C15H22N2. The highest BCUT2D eigenvalue weighted by atomic mass is 15.1. The lowest BCUT2D eigenvalue weighted by molar-refractivity contribution is 0.519. The zero-order chi connectivity index (χ0) is 12.0. The Kier molecular flexibility index (Phi) is 2.62. The van der Waals surface area contributed by atoms with Gasteiger partial charge in [0, 0.05) is 24.8 Å². The van der Waals surface area contributed by atoms with E-state index < -0.39 is 0 Å². The summed E-state index contributed by atoms with van der Waals surface area (Å²) in [6.45, 7) is 6.95. The molecule has 2 unspecified atom stereocenters. The van der Waals surface area contributed by atoms with Crippen LogP contribution in [0.1, 0.15) is 49.8 Å². The third kappa shape index (κ3) is 1.75. The van der Waals surface area contributed by atoms with Crippen LogP contribution in [0.25, 0.3) is 0 Å². The van der Waals surface area contributed by atoms with E-state index in [0.717, 1.165) is 18.3 Å². The van der Waals surface area contributed by atoms with Crippen LogP contribution in [0, 0.1) is 5.92 Å². The van der Waals surface area contributed by atoms with Crippen LogP contribution in [0.15, 0.2) is 18.2 Å². The molecule has 0 spiro atoms. The summed E-state index contributed by atoms with van der Waals surface area (Å²) in [5.74, 6) is 1.44. The number of nitrogens with zero attached hydrogens (tertiary/aromatic N) is 1. The van der Waals surface area contributed by atoms with E-state index in [1.807, 2.05) is 0 Å². The second-order valence-electron chi connectivity index (χ2n) is 5.95. The van der Waals surface area contributed by atoms with Crippen molar-refractivity contribution < 1.29 is 0 Å². The summed E-state index contributed by atoms with van der Waals surface area (Å²) in [6.07, 6.45) is 2.44. The van der Waals surface area contributed by atoms with Crippen molar-refractivity contribution in [3.8, 4) is 0 Å². The van der Waals surface area contributed by atoms with Crippen LogP contribution in [0.2, 0.25) is 0 Å². The van der Waals surface area contributed by atoms with E-state index in [-0.39, 0.29) is 6.04 Å². The van der Waals surface area contributed by atoms with E-state index in [0.29, 0.717) is 0 Å². The molecule has 1 aromatic rings. The maximum absolute atomic E-state index is 6.24. The summed E-state index contributed by atoms with van der Waals surface area (Å²) in [6, 6.07) is 6.96. The van der Waals surface area contributed by atoms with Gasteiger partial charge in [0.05, 0.1) is 0 Å². The minimum Gasteiger partial charge on any atom is -0.371 e. The Labute approximate surface area is 104 Å². The normalized spacial score (nSPS) is 26.5. The molecule has 17 heavy (non-hydrogen) atoms. The third-order valence-corrected chi connectivity index (χ3v) is 4.14. The largest absolute Gasteiger partial charge is 0.371 e. The van der Waals surface area contributed by atoms with Crippen molar-refractivity contribution in [2.75, 3.05) is 18.0 Å². The molecule has 2 heteroatoms. The van der Waals surface area contributed by atoms with Gasteiger partial charge in [-0.15, -0.1) is 0 Å². The maximum atomic E-state index is 6.24. The average Bonchev–Trinajstić information content (AvgIpc) is 2.61. The molecule has 1 heterocycles. The fourth-order valence-corrected chi connectivity index (χ4v) is 3.49. The predicted octanol–water partition coefficient (Wildman–Crippen LogP) is 3.04. The van der Waals surface area contributed by atoms with E-state index in [4.69, 9.17) is 5.73 Å². The van der Waals surface area contributed by atoms with Gasteiger partial charge in [0.15, 0.2) is 0 Å². The summed E-state index contributed by atoms with van der Waals surface area (Å²) in [7, 11) is 0. The van der Waals surface area contributed by atoms with Gasteiger partial charge in [-0.2, -0.15) is 0 Å². The molecule has 1 aliphatic carbocycles. The molecule has 0 bridgehead atoms. The van der Waals surface area contributed by atoms with Crippen LogP contribution in [0.3, 0.4) is 0 Å². The fourth-order valence-electron chi connectivity index (χ4n) is 3.49. The van der Waals surface area contributed by atoms with Crippen molar-refractivity contribution in [1.29, 1.82) is 0 Å². The van der Waals surface area contributed by atoms with Gasteiger partial charge in [-0.25, -0.2) is 0 Å². The Hall–Kier alpha value is -1.02. The number of hydrogen-bond donors (Lipinski definition) is 1. The molecule has 0 radical (unpaired) electrons. The smallest absolute Gasteiger partial charge is 0.0405 e. The van der Waals surface area contributed by atoms with Crippen molar-refractivity contribution >= 4 is 5.69 Å². The van der Waals surface area contributed by atoms with Crippen LogP contribution in [0.5, 0.6) is 0 Å². The standard InChI is InChI=1S/C15H22N2/c1-10(2)9-17-7-6-11-8-13(16)12-4-3-5-14(17)15(11)12/h3-5,10-11,13H,6-9,16H2,1-2H3. The monoisotopic (exact) mass is 230 g/mol. The first kappa shape index (κ1) is 11.1. The Balaban J connectivity index is 2.02. The molecule has 1 aromatic carbocycles. The summed E-state index contributed by atoms with van der Waals surface area (Å²) in [4.78, 5) is 2.55. The lowest BCUT2D eigenvalue weighted by Crippen LogP contribution is -2.33. The molecule has 0 fully saturated rings. The van der Waals surface area contributed by atoms with Crippen molar-refractivity contribution in [3.05, 3.63) is 29.3 Å². The zero-order valence-corrected chi connectivity index (χ0v) is 10.8. The Bertz CT molecular complexity index is 425. The first-order chi connectivity index (χ1) is 8.16. The maximum Gasteiger partial charge on any atom is 0.0405 e. The fraction of sp³-hybridized carbons (Fsp3) is 0.600. The summed E-state index contributed by atoms with van der Waals surface area (Å²) < 4.78 is 0. The second-order valence-corrected chi connectivity index (χ2v) is 5.95. The van der Waals surface area contributed by atoms with Gasteiger partial charge >= 0.3 is 0 Å². The highest BCUT2D eigenvalue weighted by Gasteiger charge is 2.35. The average molecular weight is 230 g/mol. The van der Waals surface area contributed by atoms with Crippen molar-refractivity contribution in [1.82, 2.24) is 0 Å². The number of nitrogens with two attached hydrogens (primary N) is 1. The minimum atomic E-state index is 0.272. The molecular weight excluding hydrogens is 208 g/mol. The van der Waals surface area contributed by atoms with Crippen LogP contribution < -0.4 is 10.6 Å². The molecule has 0 saturated heterocycles. The van der Waals surface area contributed by atoms with Crippen molar-refractivity contribution in [2.24, 2.45) is 11.7 Å². The molecule has 0 amide bonds. The lowest BCUT2D eigenvalue weighted by atomic mass is 9.91. The van der Waals surface area contributed by atoms with Gasteiger partial charge in [0.1, 0.15) is 0 Å². The Morgan fingerprint density at radius 3 is 3.00 bits per heavy atom. The highest BCUT2D eigenvalue weighted by molar-refractivity contribution is 5.62. The van der Waals surface area contributed by atoms with Gasteiger partial charge in [-0.3, -0.25) is 0 Å². The summed E-state index contributed by atoms with van der Waals surface area (Å²) in [5, 5.41) is 0. The van der Waals surface area contributed by atoms with Gasteiger partial charge in [-0.05, 0) is 41.9 Å². The highest BCUT2D eigenvalue weighted by Crippen LogP contribution is 2.48. The van der Waals surface area contributed by atoms with Gasteiger partial charge in [0.25, 0.3) is 0 Å². The molecule has 92 valence electrons. The van der Waals surface area contributed by atoms with Gasteiger partial charge < -0.3 is 10.6 Å². The minimum absolute atomic E-state index is 0.272. The number of benzene rings is 1. The summed E-state index contributed by atoms with van der Waals surface area (Å²) in [5.41, 5.74) is 10.7. The molecule has 2 N–H and O–H groups in total. The van der Waals surface area contributed by atoms with E-state index in [1.165, 1.54) is 30.8 Å². The first-order valence-electron chi connectivity index (χ1n) is 6.80. The SMILES string of the molecule is CC(C)CN1CCC2CC(N)c3cccc1c32. The Morgan fingerprint density at radius 1 is 1.41 bits per heavy atom. The van der Waals surface area contributed by atoms with Gasteiger partial charge in [0.2, 0.25) is 0 Å². The third-order valence-electron chi connectivity index (χ3n) is 4.14. The second kappa shape index (κ2) is 4.02. The molecule has 2 atom stereocenters. The van der Waals surface area contributed by atoms with Crippen LogP contribution in [-0.2, 0) is 0 Å². The molecule has 1 aliphatic heterocycles. The molecule has 3 rings (SSSR count). The zero-order valence-electron chi connectivity index (χ0n) is 10.8. The summed E-state index contributed by atoms with van der Waals surface area (Å²) >= 11 is 0. The van der Waals surface area contributed by atoms with Crippen molar-refractivity contribution in [2.45, 2.75) is 38.6 Å². The van der Waals surface area contributed by atoms with Gasteiger partial charge in [-0.1, -0.05) is 26.0 Å². The topological polar surface area (TPSA) is 29.3 Å². The van der Waals surface area contributed by atoms with Crippen LogP contribution in [-0.4, -0.2) is 13.1 Å². The Morgan fingerprint density at radius 2 is 2.24 bits per heavy atom. The van der Waals surface area contributed by atoms with E-state index in [1.54, 1.807) is 5.56 Å². The van der Waals surface area contributed by atoms with Crippen molar-refractivity contribution in [3.63, 3.8) is 0 Å². The van der Waals surface area contributed by atoms with Crippen LogP contribution in [0.4, 0.5) is 5.69 Å². The number of rotatable bonds is 2. The number of hydrogen-bond acceptors (Lipinski definition) is 2. The first-order valence-corrected chi connectivity index (χ1v) is 6.80. The molecule has 2 aliphatic rings. The predicted molar refractivity (Wildman–Crippen MR) is 72.4 cm³/mol. The molecule has 0 saturated carbocycles. The quantitative estimate of drug-likeness (QED) is 0.846. The van der Waals surface area contributed by atoms with E-state index in [9.17, 15) is 0 Å². The van der Waals surface area contributed by atoms with Crippen LogP contribution >= 0.6 is 0 Å². The molecule has 2 nitrogen and oxygen atoms in total. The molecule has 0 aromatic heterocycles. The van der Waals surface area contributed by atoms with E-state index >= 15 is 0 Å². The lowest BCUT2D eigenvalue weighted by Gasteiger charge is -2.35. The van der Waals surface area contributed by atoms with E-state index in [2.05, 4.69) is 36.9 Å².